The molecule has 1 aromatic heterocycles. The SMILES string of the molecule is CCN(c1ccccc1)c1ncc(Br)cc1CNC. The number of nitrogens with zero attached hydrogens (tertiary/aromatic N) is 2. The van der Waals surface area contributed by atoms with E-state index in [0.717, 1.165) is 29.1 Å². The molecule has 0 radical (unpaired) electrons. The van der Waals surface area contributed by atoms with Gasteiger partial charge in [-0.15, -0.1) is 0 Å². The van der Waals surface area contributed by atoms with E-state index < -0.39 is 0 Å². The summed E-state index contributed by atoms with van der Waals surface area (Å²) in [4.78, 5) is 6.80. The zero-order valence-corrected chi connectivity index (χ0v) is 12.8. The number of pyridine rings is 1. The smallest absolute Gasteiger partial charge is 0.137 e. The first-order chi connectivity index (χ1) is 9.26. The van der Waals surface area contributed by atoms with Gasteiger partial charge in [0.25, 0.3) is 0 Å². The van der Waals surface area contributed by atoms with Gasteiger partial charge < -0.3 is 10.2 Å². The Labute approximate surface area is 122 Å². The molecule has 0 amide bonds. The van der Waals surface area contributed by atoms with E-state index >= 15 is 0 Å². The second-order valence-electron chi connectivity index (χ2n) is 4.25. The lowest BCUT2D eigenvalue weighted by Gasteiger charge is -2.24. The lowest BCUT2D eigenvalue weighted by molar-refractivity contribution is 0.805. The van der Waals surface area contributed by atoms with Crippen LogP contribution in [0.3, 0.4) is 0 Å². The second kappa shape index (κ2) is 6.68. The van der Waals surface area contributed by atoms with E-state index in [1.54, 1.807) is 0 Å². The van der Waals surface area contributed by atoms with E-state index in [9.17, 15) is 0 Å². The minimum Gasteiger partial charge on any atom is -0.326 e. The Morgan fingerprint density at radius 2 is 2.00 bits per heavy atom. The fraction of sp³-hybridized carbons (Fsp3) is 0.267. The first kappa shape index (κ1) is 14.0. The van der Waals surface area contributed by atoms with Crippen LogP contribution >= 0.6 is 15.9 Å². The van der Waals surface area contributed by atoms with Gasteiger partial charge in [0.05, 0.1) is 0 Å². The van der Waals surface area contributed by atoms with Gasteiger partial charge in [0.1, 0.15) is 5.82 Å². The third-order valence-corrected chi connectivity index (χ3v) is 3.35. The van der Waals surface area contributed by atoms with Crippen molar-refractivity contribution in [1.29, 1.82) is 0 Å². The summed E-state index contributed by atoms with van der Waals surface area (Å²) in [5, 5.41) is 3.19. The normalized spacial score (nSPS) is 10.5. The predicted molar refractivity (Wildman–Crippen MR) is 83.8 cm³/mol. The maximum Gasteiger partial charge on any atom is 0.137 e. The number of anilines is 2. The van der Waals surface area contributed by atoms with Crippen molar-refractivity contribution in [2.45, 2.75) is 13.5 Å². The number of rotatable bonds is 5. The molecule has 0 spiro atoms. The van der Waals surface area contributed by atoms with Gasteiger partial charge in [-0.3, -0.25) is 0 Å². The molecule has 0 fully saturated rings. The van der Waals surface area contributed by atoms with E-state index in [-0.39, 0.29) is 0 Å². The van der Waals surface area contributed by atoms with Gasteiger partial charge in [-0.25, -0.2) is 4.98 Å². The molecule has 0 bridgehead atoms. The van der Waals surface area contributed by atoms with E-state index in [4.69, 9.17) is 0 Å². The van der Waals surface area contributed by atoms with E-state index in [1.165, 1.54) is 5.56 Å². The van der Waals surface area contributed by atoms with Crippen LogP contribution in [-0.2, 0) is 6.54 Å². The number of benzene rings is 1. The summed E-state index contributed by atoms with van der Waals surface area (Å²) in [5.41, 5.74) is 2.35. The van der Waals surface area contributed by atoms with Gasteiger partial charge in [-0.2, -0.15) is 0 Å². The van der Waals surface area contributed by atoms with Gasteiger partial charge in [0.15, 0.2) is 0 Å². The topological polar surface area (TPSA) is 28.2 Å². The number of para-hydroxylation sites is 1. The molecule has 1 N–H and O–H groups in total. The minimum atomic E-state index is 0.797. The highest BCUT2D eigenvalue weighted by atomic mass is 79.9. The molecule has 19 heavy (non-hydrogen) atoms. The monoisotopic (exact) mass is 319 g/mol. The van der Waals surface area contributed by atoms with Crippen molar-refractivity contribution in [2.75, 3.05) is 18.5 Å². The molecule has 1 aromatic carbocycles. The Morgan fingerprint density at radius 1 is 1.26 bits per heavy atom. The van der Waals surface area contributed by atoms with Crippen LogP contribution in [0, 0.1) is 0 Å². The standard InChI is InChI=1S/C15H18BrN3/c1-3-19(14-7-5-4-6-8-14)15-12(10-17-2)9-13(16)11-18-15/h4-9,11,17H,3,10H2,1-2H3. The maximum atomic E-state index is 4.58. The van der Waals surface area contributed by atoms with Crippen LogP contribution in [-0.4, -0.2) is 18.6 Å². The molecule has 0 unspecified atom stereocenters. The molecule has 4 heteroatoms. The molecular formula is C15H18BrN3. The zero-order chi connectivity index (χ0) is 13.7. The van der Waals surface area contributed by atoms with Gasteiger partial charge >= 0.3 is 0 Å². The zero-order valence-electron chi connectivity index (χ0n) is 11.2. The molecule has 100 valence electrons. The Balaban J connectivity index is 2.43. The van der Waals surface area contributed by atoms with Crippen LogP contribution in [0.4, 0.5) is 11.5 Å². The van der Waals surface area contributed by atoms with Crippen molar-refractivity contribution < 1.29 is 0 Å². The average molecular weight is 320 g/mol. The number of hydrogen-bond donors (Lipinski definition) is 1. The van der Waals surface area contributed by atoms with Crippen LogP contribution in [0.15, 0.2) is 47.1 Å². The van der Waals surface area contributed by atoms with E-state index in [0.29, 0.717) is 0 Å². The number of nitrogens with one attached hydrogen (secondary N) is 1. The van der Waals surface area contributed by atoms with Crippen LogP contribution in [0.1, 0.15) is 12.5 Å². The first-order valence-corrected chi connectivity index (χ1v) is 7.17. The second-order valence-corrected chi connectivity index (χ2v) is 5.16. The summed E-state index contributed by atoms with van der Waals surface area (Å²) in [7, 11) is 1.95. The molecule has 2 aromatic rings. The molecular weight excluding hydrogens is 302 g/mol. The lowest BCUT2D eigenvalue weighted by Crippen LogP contribution is -2.20. The maximum absolute atomic E-state index is 4.58. The molecule has 0 atom stereocenters. The highest BCUT2D eigenvalue weighted by Gasteiger charge is 2.13. The Hall–Kier alpha value is -1.39. The van der Waals surface area contributed by atoms with E-state index in [1.807, 2.05) is 19.3 Å². The van der Waals surface area contributed by atoms with Gasteiger partial charge in [0, 0.05) is 35.0 Å². The van der Waals surface area contributed by atoms with E-state index in [2.05, 4.69) is 68.4 Å². The molecule has 2 rings (SSSR count). The largest absolute Gasteiger partial charge is 0.326 e. The summed E-state index contributed by atoms with van der Waals surface area (Å²) >= 11 is 3.48. The van der Waals surface area contributed by atoms with Crippen LogP contribution in [0.5, 0.6) is 0 Å². The van der Waals surface area contributed by atoms with Gasteiger partial charge in [-0.05, 0) is 48.1 Å². The molecule has 3 nitrogen and oxygen atoms in total. The van der Waals surface area contributed by atoms with Gasteiger partial charge in [0.2, 0.25) is 0 Å². The van der Waals surface area contributed by atoms with Crippen molar-refractivity contribution in [3.63, 3.8) is 0 Å². The number of aromatic nitrogens is 1. The summed E-state index contributed by atoms with van der Waals surface area (Å²) in [6.45, 7) is 3.82. The molecule has 0 saturated heterocycles. The quantitative estimate of drug-likeness (QED) is 0.910. The highest BCUT2D eigenvalue weighted by molar-refractivity contribution is 9.10. The van der Waals surface area contributed by atoms with Crippen molar-refractivity contribution >= 4 is 27.4 Å². The number of hydrogen-bond acceptors (Lipinski definition) is 3. The molecule has 0 aliphatic carbocycles. The van der Waals surface area contributed by atoms with Crippen molar-refractivity contribution in [3.05, 3.63) is 52.6 Å². The third-order valence-electron chi connectivity index (χ3n) is 2.92. The number of halogens is 1. The lowest BCUT2D eigenvalue weighted by atomic mass is 10.2. The Morgan fingerprint density at radius 3 is 2.63 bits per heavy atom. The third kappa shape index (κ3) is 3.33. The predicted octanol–water partition coefficient (Wildman–Crippen LogP) is 3.72. The van der Waals surface area contributed by atoms with Crippen LogP contribution in [0.25, 0.3) is 0 Å². The van der Waals surface area contributed by atoms with Crippen molar-refractivity contribution in [3.8, 4) is 0 Å². The molecule has 0 aliphatic rings. The van der Waals surface area contributed by atoms with Crippen molar-refractivity contribution in [2.24, 2.45) is 0 Å². The molecule has 0 aliphatic heterocycles. The molecule has 0 saturated carbocycles. The van der Waals surface area contributed by atoms with Crippen LogP contribution < -0.4 is 10.2 Å². The van der Waals surface area contributed by atoms with Gasteiger partial charge in [-0.1, -0.05) is 18.2 Å². The Kier molecular flexibility index (Phi) is 4.93. The summed E-state index contributed by atoms with van der Waals surface area (Å²) < 4.78 is 1.01. The fourth-order valence-electron chi connectivity index (χ4n) is 2.10. The highest BCUT2D eigenvalue weighted by Crippen LogP contribution is 2.28. The van der Waals surface area contributed by atoms with Crippen LogP contribution in [0.2, 0.25) is 0 Å². The average Bonchev–Trinajstić information content (AvgIpc) is 2.43. The summed E-state index contributed by atoms with van der Waals surface area (Å²) in [6, 6.07) is 12.5. The minimum absolute atomic E-state index is 0.797. The summed E-state index contributed by atoms with van der Waals surface area (Å²) in [5.74, 6) is 1.01. The Bertz CT molecular complexity index is 528. The fourth-order valence-corrected chi connectivity index (χ4v) is 2.48. The molecule has 1 heterocycles. The first-order valence-electron chi connectivity index (χ1n) is 6.38. The van der Waals surface area contributed by atoms with Crippen molar-refractivity contribution in [1.82, 2.24) is 10.3 Å². The summed E-state index contributed by atoms with van der Waals surface area (Å²) in [6.07, 6.45) is 1.85.